The van der Waals surface area contributed by atoms with Crippen molar-refractivity contribution in [3.8, 4) is 0 Å². The summed E-state index contributed by atoms with van der Waals surface area (Å²) in [6.07, 6.45) is 3.49. The maximum atomic E-state index is 12.5. The Morgan fingerprint density at radius 2 is 2.33 bits per heavy atom. The van der Waals surface area contributed by atoms with Gasteiger partial charge in [-0.3, -0.25) is 9.59 Å². The van der Waals surface area contributed by atoms with Gasteiger partial charge in [0.15, 0.2) is 0 Å². The first kappa shape index (κ1) is 15.5. The zero-order chi connectivity index (χ0) is 15.2. The molecule has 2 rings (SSSR count). The number of methoxy groups -OCH3 is 1. The van der Waals surface area contributed by atoms with Gasteiger partial charge >= 0.3 is 5.97 Å². The second-order valence-electron chi connectivity index (χ2n) is 5.01. The molecule has 0 aliphatic carbocycles. The highest BCUT2D eigenvalue weighted by Crippen LogP contribution is 2.16. The fourth-order valence-electron chi connectivity index (χ4n) is 2.31. The Kier molecular flexibility index (Phi) is 5.32. The molecule has 1 amide bonds. The van der Waals surface area contributed by atoms with Gasteiger partial charge in [-0.05, 0) is 19.8 Å². The standard InChI is InChI=1S/C14H20N2O5/c1-10-12(8-15-21-10)14(18)16(6-5-13(17)19-2)9-11-4-3-7-20-11/h8,11H,3-7,9H2,1-2H3. The number of aromatic nitrogens is 1. The third-order valence-electron chi connectivity index (χ3n) is 3.53. The lowest BCUT2D eigenvalue weighted by atomic mass is 10.2. The van der Waals surface area contributed by atoms with Gasteiger partial charge in [0.05, 0.1) is 25.8 Å². The summed E-state index contributed by atoms with van der Waals surface area (Å²) in [7, 11) is 1.33. The summed E-state index contributed by atoms with van der Waals surface area (Å²) < 4.78 is 15.1. The molecule has 21 heavy (non-hydrogen) atoms. The molecule has 1 aromatic heterocycles. The quantitative estimate of drug-likeness (QED) is 0.733. The molecule has 2 heterocycles. The van der Waals surface area contributed by atoms with Crippen molar-refractivity contribution in [2.75, 3.05) is 26.8 Å². The summed E-state index contributed by atoms with van der Waals surface area (Å²) in [6, 6.07) is 0. The Hall–Kier alpha value is -1.89. The van der Waals surface area contributed by atoms with E-state index < -0.39 is 0 Å². The predicted octanol–water partition coefficient (Wildman–Crippen LogP) is 1.17. The highest BCUT2D eigenvalue weighted by Gasteiger charge is 2.26. The van der Waals surface area contributed by atoms with Crippen LogP contribution in [0.5, 0.6) is 0 Å². The van der Waals surface area contributed by atoms with Crippen LogP contribution in [0, 0.1) is 6.92 Å². The fourth-order valence-corrected chi connectivity index (χ4v) is 2.31. The van der Waals surface area contributed by atoms with Crippen molar-refractivity contribution in [3.05, 3.63) is 17.5 Å². The van der Waals surface area contributed by atoms with E-state index in [1.165, 1.54) is 13.3 Å². The van der Waals surface area contributed by atoms with Gasteiger partial charge in [0.1, 0.15) is 11.3 Å². The molecule has 7 heteroatoms. The summed E-state index contributed by atoms with van der Waals surface area (Å²) in [5.74, 6) is -0.0780. The Morgan fingerprint density at radius 1 is 1.52 bits per heavy atom. The van der Waals surface area contributed by atoms with Crippen LogP contribution < -0.4 is 0 Å². The number of carbonyl (C=O) groups is 2. The van der Waals surface area contributed by atoms with E-state index in [2.05, 4.69) is 9.89 Å². The largest absolute Gasteiger partial charge is 0.469 e. The van der Waals surface area contributed by atoms with Crippen LogP contribution in [0.15, 0.2) is 10.7 Å². The van der Waals surface area contributed by atoms with Gasteiger partial charge < -0.3 is 18.9 Å². The van der Waals surface area contributed by atoms with Crippen LogP contribution in [0.1, 0.15) is 35.4 Å². The van der Waals surface area contributed by atoms with Crippen LogP contribution in [-0.2, 0) is 14.3 Å². The van der Waals surface area contributed by atoms with Crippen LogP contribution in [0.3, 0.4) is 0 Å². The number of esters is 1. The lowest BCUT2D eigenvalue weighted by Crippen LogP contribution is -2.39. The molecule has 1 aliphatic heterocycles. The van der Waals surface area contributed by atoms with Gasteiger partial charge in [-0.2, -0.15) is 0 Å². The number of rotatable bonds is 6. The van der Waals surface area contributed by atoms with E-state index in [4.69, 9.17) is 9.26 Å². The molecule has 1 fully saturated rings. The zero-order valence-electron chi connectivity index (χ0n) is 12.3. The molecule has 116 valence electrons. The monoisotopic (exact) mass is 296 g/mol. The molecule has 0 spiro atoms. The smallest absolute Gasteiger partial charge is 0.307 e. The minimum absolute atomic E-state index is 0.0202. The van der Waals surface area contributed by atoms with Crippen molar-refractivity contribution < 1.29 is 23.6 Å². The SMILES string of the molecule is COC(=O)CCN(CC1CCCO1)C(=O)c1cnoc1C. The van der Waals surface area contributed by atoms with E-state index in [9.17, 15) is 9.59 Å². The van der Waals surface area contributed by atoms with Crippen LogP contribution in [0.2, 0.25) is 0 Å². The van der Waals surface area contributed by atoms with E-state index in [1.807, 2.05) is 0 Å². The second kappa shape index (κ2) is 7.21. The number of aryl methyl sites for hydroxylation is 1. The lowest BCUT2D eigenvalue weighted by molar-refractivity contribution is -0.140. The molecule has 0 aromatic carbocycles. The number of nitrogens with zero attached hydrogens (tertiary/aromatic N) is 2. The highest BCUT2D eigenvalue weighted by atomic mass is 16.5. The summed E-state index contributed by atoms with van der Waals surface area (Å²) in [5.41, 5.74) is 0.415. The highest BCUT2D eigenvalue weighted by molar-refractivity contribution is 5.95. The molecule has 0 N–H and O–H groups in total. The lowest BCUT2D eigenvalue weighted by Gasteiger charge is -2.24. The molecule has 1 atom stereocenters. The van der Waals surface area contributed by atoms with Crippen molar-refractivity contribution in [1.82, 2.24) is 10.1 Å². The average Bonchev–Trinajstić information content (AvgIpc) is 3.13. The maximum Gasteiger partial charge on any atom is 0.307 e. The first-order valence-corrected chi connectivity index (χ1v) is 7.00. The van der Waals surface area contributed by atoms with Gasteiger partial charge in [-0.25, -0.2) is 0 Å². The number of hydrogen-bond donors (Lipinski definition) is 0. The van der Waals surface area contributed by atoms with Crippen LogP contribution in [-0.4, -0.2) is 54.8 Å². The van der Waals surface area contributed by atoms with E-state index in [-0.39, 0.29) is 30.9 Å². The van der Waals surface area contributed by atoms with Crippen molar-refractivity contribution >= 4 is 11.9 Å². The van der Waals surface area contributed by atoms with E-state index >= 15 is 0 Å². The van der Waals surface area contributed by atoms with Crippen molar-refractivity contribution in [3.63, 3.8) is 0 Å². The fraction of sp³-hybridized carbons (Fsp3) is 0.643. The molecule has 0 saturated carbocycles. The average molecular weight is 296 g/mol. The third-order valence-corrected chi connectivity index (χ3v) is 3.53. The van der Waals surface area contributed by atoms with Crippen LogP contribution >= 0.6 is 0 Å². The summed E-state index contributed by atoms with van der Waals surface area (Å²) in [5, 5.41) is 3.62. The second-order valence-corrected chi connectivity index (χ2v) is 5.01. The predicted molar refractivity (Wildman–Crippen MR) is 72.8 cm³/mol. The summed E-state index contributed by atoms with van der Waals surface area (Å²) in [6.45, 7) is 3.15. The molecule has 0 radical (unpaired) electrons. The molecule has 1 aromatic rings. The minimum atomic E-state index is -0.345. The third kappa shape index (κ3) is 4.04. The van der Waals surface area contributed by atoms with Crippen LogP contribution in [0.4, 0.5) is 0 Å². The van der Waals surface area contributed by atoms with E-state index in [0.717, 1.165) is 19.4 Å². The maximum absolute atomic E-state index is 12.5. The Bertz CT molecular complexity index is 493. The first-order valence-electron chi connectivity index (χ1n) is 7.00. The van der Waals surface area contributed by atoms with Crippen molar-refractivity contribution in [1.29, 1.82) is 0 Å². The first-order chi connectivity index (χ1) is 10.1. The van der Waals surface area contributed by atoms with Gasteiger partial charge in [-0.1, -0.05) is 5.16 Å². The Balaban J connectivity index is 2.04. The molecule has 1 unspecified atom stereocenters. The number of ether oxygens (including phenoxy) is 2. The van der Waals surface area contributed by atoms with Crippen LogP contribution in [0.25, 0.3) is 0 Å². The molecular formula is C14H20N2O5. The number of amides is 1. The summed E-state index contributed by atoms with van der Waals surface area (Å²) in [4.78, 5) is 25.4. The minimum Gasteiger partial charge on any atom is -0.469 e. The number of carbonyl (C=O) groups excluding carboxylic acids is 2. The topological polar surface area (TPSA) is 81.9 Å². The summed E-state index contributed by atoms with van der Waals surface area (Å²) >= 11 is 0. The zero-order valence-corrected chi connectivity index (χ0v) is 12.3. The molecule has 0 bridgehead atoms. The normalized spacial score (nSPS) is 17.7. The van der Waals surface area contributed by atoms with Gasteiger partial charge in [-0.15, -0.1) is 0 Å². The van der Waals surface area contributed by atoms with Gasteiger partial charge in [0.25, 0.3) is 5.91 Å². The van der Waals surface area contributed by atoms with Crippen molar-refractivity contribution in [2.45, 2.75) is 32.3 Å². The number of hydrogen-bond acceptors (Lipinski definition) is 6. The Morgan fingerprint density at radius 3 is 2.90 bits per heavy atom. The molecular weight excluding hydrogens is 276 g/mol. The van der Waals surface area contributed by atoms with Gasteiger partial charge in [0, 0.05) is 19.7 Å². The van der Waals surface area contributed by atoms with E-state index in [0.29, 0.717) is 17.9 Å². The Labute approximate surface area is 123 Å². The molecule has 7 nitrogen and oxygen atoms in total. The van der Waals surface area contributed by atoms with E-state index in [1.54, 1.807) is 11.8 Å². The molecule has 1 aliphatic rings. The van der Waals surface area contributed by atoms with Gasteiger partial charge in [0.2, 0.25) is 0 Å². The molecule has 1 saturated heterocycles. The van der Waals surface area contributed by atoms with Crippen molar-refractivity contribution in [2.24, 2.45) is 0 Å².